The molecule has 0 spiro atoms. The van der Waals surface area contributed by atoms with E-state index in [1.165, 1.54) is 26.2 Å². The summed E-state index contributed by atoms with van der Waals surface area (Å²) < 4.78 is 0. The maximum Gasteiger partial charge on any atom is 0.313 e. The number of amides is 3. The van der Waals surface area contributed by atoms with Crippen LogP contribution in [0, 0.1) is 6.92 Å². The predicted octanol–water partition coefficient (Wildman–Crippen LogP) is 2.70. The molecule has 0 aliphatic carbocycles. The standard InChI is InChI=1S/C21H27N5O3S/c1-14-18(30-21(23-14)26-11-4-3-5-12-26)9-10-22-19(28)20(29)25-17-8-6-7-16(13-17)24-15(2)27/h6-8,13H,3-5,9-12H2,1-2H3,(H,22,28)(H,24,27)(H,25,29). The van der Waals surface area contributed by atoms with Crippen LogP contribution in [0.25, 0.3) is 0 Å². The van der Waals surface area contributed by atoms with E-state index < -0.39 is 11.8 Å². The van der Waals surface area contributed by atoms with Crippen molar-refractivity contribution in [3.8, 4) is 0 Å². The first kappa shape index (κ1) is 21.8. The van der Waals surface area contributed by atoms with E-state index in [9.17, 15) is 14.4 Å². The van der Waals surface area contributed by atoms with Crippen LogP contribution in [-0.4, -0.2) is 42.3 Å². The van der Waals surface area contributed by atoms with Crippen LogP contribution >= 0.6 is 11.3 Å². The summed E-state index contributed by atoms with van der Waals surface area (Å²) in [5, 5.41) is 8.88. The Bertz CT molecular complexity index is 921. The van der Waals surface area contributed by atoms with E-state index >= 15 is 0 Å². The maximum atomic E-state index is 12.1. The number of benzene rings is 1. The van der Waals surface area contributed by atoms with E-state index in [0.717, 1.165) is 28.8 Å². The fourth-order valence-corrected chi connectivity index (χ4v) is 4.41. The minimum atomic E-state index is -0.745. The number of carbonyl (C=O) groups is 3. The topological polar surface area (TPSA) is 103 Å². The number of nitrogens with zero attached hydrogens (tertiary/aromatic N) is 2. The van der Waals surface area contributed by atoms with Gasteiger partial charge >= 0.3 is 11.8 Å². The van der Waals surface area contributed by atoms with Gasteiger partial charge in [-0.3, -0.25) is 14.4 Å². The average molecular weight is 430 g/mol. The molecule has 9 heteroatoms. The Labute approximate surface area is 180 Å². The van der Waals surface area contributed by atoms with Crippen molar-refractivity contribution in [2.45, 2.75) is 39.5 Å². The first-order valence-corrected chi connectivity index (χ1v) is 10.9. The molecule has 0 atom stereocenters. The van der Waals surface area contributed by atoms with Gasteiger partial charge in [-0.05, 0) is 44.4 Å². The second kappa shape index (κ2) is 10.2. The van der Waals surface area contributed by atoms with Crippen molar-refractivity contribution in [1.29, 1.82) is 0 Å². The maximum absolute atomic E-state index is 12.1. The normalized spacial score (nSPS) is 13.6. The molecule has 3 rings (SSSR count). The number of thiazole rings is 1. The number of carbonyl (C=O) groups excluding carboxylic acids is 3. The Morgan fingerprint density at radius 3 is 2.47 bits per heavy atom. The summed E-state index contributed by atoms with van der Waals surface area (Å²) in [6, 6.07) is 6.63. The minimum Gasteiger partial charge on any atom is -0.348 e. The molecular formula is C21H27N5O3S. The molecule has 1 saturated heterocycles. The molecule has 3 N–H and O–H groups in total. The third-order valence-electron chi connectivity index (χ3n) is 4.79. The fraction of sp³-hybridized carbons (Fsp3) is 0.429. The zero-order chi connectivity index (χ0) is 21.5. The molecule has 160 valence electrons. The Hall–Kier alpha value is -2.94. The van der Waals surface area contributed by atoms with Gasteiger partial charge in [0.1, 0.15) is 0 Å². The Morgan fingerprint density at radius 1 is 1.07 bits per heavy atom. The summed E-state index contributed by atoms with van der Waals surface area (Å²) in [5.41, 5.74) is 1.96. The second-order valence-electron chi connectivity index (χ2n) is 7.27. The monoisotopic (exact) mass is 429 g/mol. The van der Waals surface area contributed by atoms with Crippen molar-refractivity contribution in [1.82, 2.24) is 10.3 Å². The summed E-state index contributed by atoms with van der Waals surface area (Å²) >= 11 is 1.66. The largest absolute Gasteiger partial charge is 0.348 e. The second-order valence-corrected chi connectivity index (χ2v) is 8.34. The highest BCUT2D eigenvalue weighted by atomic mass is 32.1. The van der Waals surface area contributed by atoms with Crippen molar-refractivity contribution in [2.24, 2.45) is 0 Å². The number of aromatic nitrogens is 1. The number of anilines is 3. The number of aryl methyl sites for hydroxylation is 1. The summed E-state index contributed by atoms with van der Waals surface area (Å²) in [6.45, 7) is 5.84. The molecule has 3 amide bonds. The van der Waals surface area contributed by atoms with Crippen molar-refractivity contribution in [3.05, 3.63) is 34.8 Å². The molecular weight excluding hydrogens is 402 g/mol. The van der Waals surface area contributed by atoms with Gasteiger partial charge in [-0.15, -0.1) is 11.3 Å². The highest BCUT2D eigenvalue weighted by molar-refractivity contribution is 7.15. The molecule has 8 nitrogen and oxygen atoms in total. The molecule has 1 fully saturated rings. The number of hydrogen-bond acceptors (Lipinski definition) is 6. The summed E-state index contributed by atoms with van der Waals surface area (Å²) in [5.74, 6) is -1.65. The van der Waals surface area contributed by atoms with Gasteiger partial charge in [-0.1, -0.05) is 6.07 Å². The summed E-state index contributed by atoms with van der Waals surface area (Å²) in [7, 11) is 0. The molecule has 0 radical (unpaired) electrons. The van der Waals surface area contributed by atoms with Gasteiger partial charge in [0.05, 0.1) is 5.69 Å². The lowest BCUT2D eigenvalue weighted by Gasteiger charge is -2.25. The molecule has 0 bridgehead atoms. The molecule has 2 heterocycles. The van der Waals surface area contributed by atoms with E-state index in [1.807, 2.05) is 6.92 Å². The minimum absolute atomic E-state index is 0.210. The van der Waals surface area contributed by atoms with Gasteiger partial charge in [-0.2, -0.15) is 0 Å². The SMILES string of the molecule is CC(=O)Nc1cccc(NC(=O)C(=O)NCCc2sc(N3CCCCC3)nc2C)c1. The number of piperidine rings is 1. The molecule has 1 aromatic carbocycles. The lowest BCUT2D eigenvalue weighted by atomic mass is 10.1. The van der Waals surface area contributed by atoms with E-state index in [0.29, 0.717) is 24.3 Å². The van der Waals surface area contributed by atoms with Gasteiger partial charge < -0.3 is 20.9 Å². The predicted molar refractivity (Wildman–Crippen MR) is 119 cm³/mol. The van der Waals surface area contributed by atoms with Gasteiger partial charge in [0, 0.05) is 49.2 Å². The van der Waals surface area contributed by atoms with Crippen LogP contribution in [-0.2, 0) is 20.8 Å². The van der Waals surface area contributed by atoms with Gasteiger partial charge in [0.2, 0.25) is 5.91 Å². The number of nitrogens with one attached hydrogen (secondary N) is 3. The van der Waals surface area contributed by atoms with Crippen LogP contribution in [0.15, 0.2) is 24.3 Å². The molecule has 1 aliphatic rings. The van der Waals surface area contributed by atoms with Crippen molar-refractivity contribution in [3.63, 3.8) is 0 Å². The Morgan fingerprint density at radius 2 is 1.77 bits per heavy atom. The summed E-state index contributed by atoms with van der Waals surface area (Å²) in [6.07, 6.45) is 4.31. The van der Waals surface area contributed by atoms with Crippen LogP contribution in [0.5, 0.6) is 0 Å². The molecule has 0 unspecified atom stereocenters. The molecule has 1 aliphatic heterocycles. The molecule has 0 saturated carbocycles. The zero-order valence-corrected chi connectivity index (χ0v) is 18.1. The van der Waals surface area contributed by atoms with Crippen LogP contribution < -0.4 is 20.9 Å². The summed E-state index contributed by atoms with van der Waals surface area (Å²) in [4.78, 5) is 43.5. The van der Waals surface area contributed by atoms with Crippen LogP contribution in [0.3, 0.4) is 0 Å². The van der Waals surface area contributed by atoms with E-state index in [-0.39, 0.29) is 5.91 Å². The van der Waals surface area contributed by atoms with Crippen molar-refractivity contribution < 1.29 is 14.4 Å². The number of hydrogen-bond donors (Lipinski definition) is 3. The lowest BCUT2D eigenvalue weighted by Crippen LogP contribution is -2.36. The first-order valence-electron chi connectivity index (χ1n) is 10.1. The van der Waals surface area contributed by atoms with Gasteiger partial charge in [0.15, 0.2) is 5.13 Å². The van der Waals surface area contributed by atoms with E-state index in [4.69, 9.17) is 0 Å². The smallest absolute Gasteiger partial charge is 0.313 e. The Kier molecular flexibility index (Phi) is 7.40. The number of rotatable bonds is 6. The molecule has 30 heavy (non-hydrogen) atoms. The lowest BCUT2D eigenvalue weighted by molar-refractivity contribution is -0.136. The van der Waals surface area contributed by atoms with Gasteiger partial charge in [-0.25, -0.2) is 4.98 Å². The Balaban J connectivity index is 1.48. The highest BCUT2D eigenvalue weighted by Crippen LogP contribution is 2.28. The van der Waals surface area contributed by atoms with Crippen LogP contribution in [0.1, 0.15) is 36.8 Å². The molecule has 2 aromatic rings. The molecule has 1 aromatic heterocycles. The van der Waals surface area contributed by atoms with E-state index in [1.54, 1.807) is 35.6 Å². The van der Waals surface area contributed by atoms with Gasteiger partial charge in [0.25, 0.3) is 0 Å². The quantitative estimate of drug-likeness (QED) is 0.613. The van der Waals surface area contributed by atoms with Crippen LogP contribution in [0.4, 0.5) is 16.5 Å². The zero-order valence-electron chi connectivity index (χ0n) is 17.3. The highest BCUT2D eigenvalue weighted by Gasteiger charge is 2.18. The fourth-order valence-electron chi connectivity index (χ4n) is 3.30. The van der Waals surface area contributed by atoms with Crippen molar-refractivity contribution in [2.75, 3.05) is 35.2 Å². The van der Waals surface area contributed by atoms with E-state index in [2.05, 4.69) is 25.8 Å². The first-order chi connectivity index (χ1) is 14.4. The third-order valence-corrected chi connectivity index (χ3v) is 6.07. The average Bonchev–Trinajstić information content (AvgIpc) is 3.09. The van der Waals surface area contributed by atoms with Crippen LogP contribution in [0.2, 0.25) is 0 Å². The third kappa shape index (κ3) is 6.03. The van der Waals surface area contributed by atoms with Crippen molar-refractivity contribution >= 4 is 45.6 Å².